The second-order valence-corrected chi connectivity index (χ2v) is 4.11. The summed E-state index contributed by atoms with van der Waals surface area (Å²) >= 11 is 0. The molecule has 98 valence electrons. The zero-order valence-electron chi connectivity index (χ0n) is 9.32. The molecule has 4 nitrogen and oxygen atoms in total. The summed E-state index contributed by atoms with van der Waals surface area (Å²) < 4.78 is 37.5. The quantitative estimate of drug-likeness (QED) is 0.813. The first-order chi connectivity index (χ1) is 8.23. The molecule has 0 fully saturated rings. The Morgan fingerprint density at radius 3 is 2.61 bits per heavy atom. The number of phenols is 1. The van der Waals surface area contributed by atoms with Gasteiger partial charge in [-0.25, -0.2) is 0 Å². The van der Waals surface area contributed by atoms with Crippen molar-refractivity contribution >= 4 is 5.71 Å². The molecular weight excluding hydrogens is 251 g/mol. The number of oxime groups is 1. The van der Waals surface area contributed by atoms with Gasteiger partial charge in [0.1, 0.15) is 5.75 Å². The molecule has 0 amide bonds. The topological polar surface area (TPSA) is 62.1 Å². The van der Waals surface area contributed by atoms with Gasteiger partial charge in [0.25, 0.3) is 0 Å². The molecule has 0 aromatic heterocycles. The number of benzene rings is 1. The van der Waals surface area contributed by atoms with Crippen molar-refractivity contribution in [2.45, 2.75) is 25.3 Å². The number of rotatable bonds is 1. The molecule has 7 heteroatoms. The van der Waals surface area contributed by atoms with Crippen molar-refractivity contribution < 1.29 is 28.2 Å². The standard InChI is InChI=1S/C11H10F3NO3/c1-6-2-3-9(16)7(4-6)8-5-10(17,18-15-8)11(12,13)14/h2-4,16-17H,5H2,1H3/t10-/m1/s1. The van der Waals surface area contributed by atoms with E-state index >= 15 is 0 Å². The first kappa shape index (κ1) is 12.7. The second kappa shape index (κ2) is 3.88. The Balaban J connectivity index is 2.31. The fourth-order valence-electron chi connectivity index (χ4n) is 1.60. The Morgan fingerprint density at radius 2 is 2.06 bits per heavy atom. The summed E-state index contributed by atoms with van der Waals surface area (Å²) in [6, 6.07) is 4.42. The van der Waals surface area contributed by atoms with Gasteiger partial charge in [0, 0.05) is 5.56 Å². The highest BCUT2D eigenvalue weighted by molar-refractivity contribution is 6.03. The molecule has 2 N–H and O–H groups in total. The molecule has 0 unspecified atom stereocenters. The lowest BCUT2D eigenvalue weighted by atomic mass is 10.00. The van der Waals surface area contributed by atoms with Crippen LogP contribution in [0.4, 0.5) is 13.2 Å². The summed E-state index contributed by atoms with van der Waals surface area (Å²) in [5, 5.41) is 22.1. The molecule has 1 atom stereocenters. The van der Waals surface area contributed by atoms with Gasteiger partial charge in [0.2, 0.25) is 0 Å². The first-order valence-electron chi connectivity index (χ1n) is 5.07. The third-order valence-electron chi connectivity index (χ3n) is 2.62. The van der Waals surface area contributed by atoms with Crippen LogP contribution >= 0.6 is 0 Å². The Labute approximate surface area is 100 Å². The van der Waals surface area contributed by atoms with Crippen molar-refractivity contribution in [1.29, 1.82) is 0 Å². The van der Waals surface area contributed by atoms with E-state index in [2.05, 4.69) is 9.99 Å². The third kappa shape index (κ3) is 2.01. The molecule has 0 aliphatic carbocycles. The molecule has 0 radical (unpaired) electrons. The minimum absolute atomic E-state index is 0.121. The van der Waals surface area contributed by atoms with Crippen molar-refractivity contribution in [2.75, 3.05) is 0 Å². The molecule has 1 aliphatic heterocycles. The summed E-state index contributed by atoms with van der Waals surface area (Å²) in [6.07, 6.45) is -5.80. The van der Waals surface area contributed by atoms with Crippen LogP contribution in [0.1, 0.15) is 17.5 Å². The van der Waals surface area contributed by atoms with Crippen LogP contribution in [0.3, 0.4) is 0 Å². The predicted molar refractivity (Wildman–Crippen MR) is 56.1 cm³/mol. The van der Waals surface area contributed by atoms with Gasteiger partial charge in [0.15, 0.2) is 0 Å². The first-order valence-corrected chi connectivity index (χ1v) is 5.07. The Hall–Kier alpha value is -1.76. The third-order valence-corrected chi connectivity index (χ3v) is 2.62. The summed E-state index contributed by atoms with van der Waals surface area (Å²) in [5.74, 6) is -3.53. The van der Waals surface area contributed by atoms with E-state index in [1.165, 1.54) is 12.1 Å². The number of phenolic OH excluding ortho intramolecular Hbond substituents is 1. The maximum absolute atomic E-state index is 12.5. The predicted octanol–water partition coefficient (Wildman–Crippen LogP) is 2.08. The monoisotopic (exact) mass is 261 g/mol. The van der Waals surface area contributed by atoms with Gasteiger partial charge in [-0.05, 0) is 19.1 Å². The van der Waals surface area contributed by atoms with E-state index in [0.717, 1.165) is 5.56 Å². The van der Waals surface area contributed by atoms with E-state index in [0.29, 0.717) is 0 Å². The smallest absolute Gasteiger partial charge is 0.458 e. The fourth-order valence-corrected chi connectivity index (χ4v) is 1.60. The lowest BCUT2D eigenvalue weighted by molar-refractivity contribution is -0.355. The van der Waals surface area contributed by atoms with Crippen LogP contribution in [-0.4, -0.2) is 27.9 Å². The number of hydrogen-bond donors (Lipinski definition) is 2. The van der Waals surface area contributed by atoms with Crippen LogP contribution in [0.15, 0.2) is 23.4 Å². The molecule has 2 rings (SSSR count). The molecule has 1 heterocycles. The van der Waals surface area contributed by atoms with Gasteiger partial charge in [-0.2, -0.15) is 13.2 Å². The van der Waals surface area contributed by atoms with Crippen LogP contribution in [-0.2, 0) is 4.84 Å². The van der Waals surface area contributed by atoms with Gasteiger partial charge in [0.05, 0.1) is 12.1 Å². The molecule has 0 saturated carbocycles. The number of aromatic hydroxyl groups is 1. The van der Waals surface area contributed by atoms with Crippen LogP contribution in [0.2, 0.25) is 0 Å². The summed E-state index contributed by atoms with van der Waals surface area (Å²) in [4.78, 5) is 4.07. The maximum Gasteiger partial charge on any atom is 0.458 e. The fraction of sp³-hybridized carbons (Fsp3) is 0.364. The number of hydrogen-bond acceptors (Lipinski definition) is 4. The number of nitrogens with zero attached hydrogens (tertiary/aromatic N) is 1. The normalized spacial score (nSPS) is 23.7. The average molecular weight is 261 g/mol. The highest BCUT2D eigenvalue weighted by Crippen LogP contribution is 2.39. The lowest BCUT2D eigenvalue weighted by Gasteiger charge is -2.22. The Morgan fingerprint density at radius 1 is 1.39 bits per heavy atom. The number of aryl methyl sites for hydroxylation is 1. The Bertz CT molecular complexity index is 513. The largest absolute Gasteiger partial charge is 0.507 e. The summed E-state index contributed by atoms with van der Waals surface area (Å²) in [5.41, 5.74) is 0.721. The van der Waals surface area contributed by atoms with Crippen molar-refractivity contribution in [1.82, 2.24) is 0 Å². The van der Waals surface area contributed by atoms with Crippen LogP contribution in [0.5, 0.6) is 5.75 Å². The van der Waals surface area contributed by atoms with Gasteiger partial charge >= 0.3 is 12.0 Å². The van der Waals surface area contributed by atoms with E-state index in [-0.39, 0.29) is 17.0 Å². The van der Waals surface area contributed by atoms with Crippen LogP contribution in [0, 0.1) is 6.92 Å². The van der Waals surface area contributed by atoms with E-state index in [1.54, 1.807) is 13.0 Å². The molecule has 0 saturated heterocycles. The van der Waals surface area contributed by atoms with Crippen molar-refractivity contribution in [3.05, 3.63) is 29.3 Å². The zero-order valence-corrected chi connectivity index (χ0v) is 9.32. The minimum atomic E-state index is -4.95. The molecule has 1 aromatic carbocycles. The van der Waals surface area contributed by atoms with Gasteiger partial charge in [-0.15, -0.1) is 0 Å². The van der Waals surface area contributed by atoms with E-state index in [1.807, 2.05) is 0 Å². The van der Waals surface area contributed by atoms with Crippen LogP contribution in [0.25, 0.3) is 0 Å². The lowest BCUT2D eigenvalue weighted by Crippen LogP contribution is -2.45. The van der Waals surface area contributed by atoms with E-state index in [9.17, 15) is 23.4 Å². The van der Waals surface area contributed by atoms with Gasteiger partial charge in [-0.3, -0.25) is 0 Å². The van der Waals surface area contributed by atoms with Crippen molar-refractivity contribution in [3.63, 3.8) is 0 Å². The van der Waals surface area contributed by atoms with Crippen molar-refractivity contribution in [3.8, 4) is 5.75 Å². The van der Waals surface area contributed by atoms with Gasteiger partial charge < -0.3 is 15.1 Å². The highest BCUT2D eigenvalue weighted by atomic mass is 19.4. The average Bonchev–Trinajstić information content (AvgIpc) is 2.65. The molecule has 0 spiro atoms. The number of alkyl halides is 3. The van der Waals surface area contributed by atoms with Crippen molar-refractivity contribution in [2.24, 2.45) is 5.16 Å². The van der Waals surface area contributed by atoms with E-state index < -0.39 is 18.4 Å². The highest BCUT2D eigenvalue weighted by Gasteiger charge is 2.60. The molecule has 18 heavy (non-hydrogen) atoms. The maximum atomic E-state index is 12.5. The minimum Gasteiger partial charge on any atom is -0.507 e. The molecular formula is C11H10F3NO3. The Kier molecular flexibility index (Phi) is 2.73. The zero-order chi connectivity index (χ0) is 13.6. The number of aliphatic hydroxyl groups is 1. The molecule has 1 aliphatic rings. The van der Waals surface area contributed by atoms with E-state index in [4.69, 9.17) is 0 Å². The van der Waals surface area contributed by atoms with Crippen LogP contribution < -0.4 is 0 Å². The second-order valence-electron chi connectivity index (χ2n) is 4.11. The van der Waals surface area contributed by atoms with Gasteiger partial charge in [-0.1, -0.05) is 16.8 Å². The number of halogens is 3. The molecule has 0 bridgehead atoms. The molecule has 1 aromatic rings. The summed E-state index contributed by atoms with van der Waals surface area (Å²) in [7, 11) is 0. The summed E-state index contributed by atoms with van der Waals surface area (Å²) in [6.45, 7) is 1.72. The SMILES string of the molecule is Cc1ccc(O)c(C2=NO[C@@](O)(C(F)(F)F)C2)c1.